The van der Waals surface area contributed by atoms with E-state index in [2.05, 4.69) is 6.58 Å². The third kappa shape index (κ3) is 4.14. The van der Waals surface area contributed by atoms with Gasteiger partial charge in [0.25, 0.3) is 0 Å². The van der Waals surface area contributed by atoms with Crippen molar-refractivity contribution in [2.45, 2.75) is 12.7 Å². The van der Waals surface area contributed by atoms with Crippen molar-refractivity contribution in [2.24, 2.45) is 0 Å². The Balaban J connectivity index is 2.57. The van der Waals surface area contributed by atoms with Crippen LogP contribution >= 0.6 is 0 Å². The molecule has 0 aliphatic carbocycles. The van der Waals surface area contributed by atoms with E-state index in [4.69, 9.17) is 14.6 Å². The maximum Gasteiger partial charge on any atom is 0.333 e. The van der Waals surface area contributed by atoms with E-state index in [1.165, 1.54) is 0 Å². The molecule has 0 spiro atoms. The van der Waals surface area contributed by atoms with Gasteiger partial charge in [-0.15, -0.1) is 0 Å². The molecule has 0 fully saturated rings. The minimum atomic E-state index is -0.794. The van der Waals surface area contributed by atoms with Gasteiger partial charge in [0.15, 0.2) is 0 Å². The van der Waals surface area contributed by atoms with Gasteiger partial charge in [-0.3, -0.25) is 0 Å². The quantitative estimate of drug-likeness (QED) is 0.450. The highest BCUT2D eigenvalue weighted by atomic mass is 16.7. The molecule has 1 aromatic rings. The molecule has 0 bridgehead atoms. The van der Waals surface area contributed by atoms with Gasteiger partial charge in [0.1, 0.15) is 5.75 Å². The lowest BCUT2D eigenvalue weighted by molar-refractivity contribution is -0.159. The Morgan fingerprint density at radius 1 is 1.44 bits per heavy atom. The molecule has 0 amide bonds. The van der Waals surface area contributed by atoms with E-state index in [9.17, 15) is 4.79 Å². The molecule has 0 aromatic heterocycles. The van der Waals surface area contributed by atoms with Crippen molar-refractivity contribution >= 4 is 5.97 Å². The molecule has 0 radical (unpaired) electrons. The standard InChI is InChI=1S/C12H14O4/c1-2-11(14)16-12(8-9-13)15-10-6-4-3-5-7-10/h2-7,12-13H,1,8-9H2. The zero-order chi connectivity index (χ0) is 11.8. The molecule has 0 aliphatic rings. The van der Waals surface area contributed by atoms with Gasteiger partial charge in [0.05, 0.1) is 6.61 Å². The van der Waals surface area contributed by atoms with Crippen LogP contribution in [-0.4, -0.2) is 24.0 Å². The number of aliphatic hydroxyl groups is 1. The summed E-state index contributed by atoms with van der Waals surface area (Å²) in [6, 6.07) is 8.95. The van der Waals surface area contributed by atoms with Crippen LogP contribution < -0.4 is 4.74 Å². The van der Waals surface area contributed by atoms with Crippen molar-refractivity contribution in [3.8, 4) is 5.75 Å². The lowest BCUT2D eigenvalue weighted by Gasteiger charge is -2.17. The van der Waals surface area contributed by atoms with Gasteiger partial charge in [-0.1, -0.05) is 24.8 Å². The molecular weight excluding hydrogens is 208 g/mol. The monoisotopic (exact) mass is 222 g/mol. The minimum Gasteiger partial charge on any atom is -0.455 e. The molecule has 0 heterocycles. The van der Waals surface area contributed by atoms with Gasteiger partial charge >= 0.3 is 5.97 Å². The largest absolute Gasteiger partial charge is 0.455 e. The fraction of sp³-hybridized carbons (Fsp3) is 0.250. The van der Waals surface area contributed by atoms with E-state index in [0.29, 0.717) is 5.75 Å². The Bertz CT molecular complexity index is 334. The highest BCUT2D eigenvalue weighted by Crippen LogP contribution is 2.13. The first kappa shape index (κ1) is 12.3. The maximum absolute atomic E-state index is 11.0. The Morgan fingerprint density at radius 3 is 2.69 bits per heavy atom. The van der Waals surface area contributed by atoms with Crippen LogP contribution in [0.15, 0.2) is 43.0 Å². The number of ether oxygens (including phenoxy) is 2. The van der Waals surface area contributed by atoms with Crippen molar-refractivity contribution in [1.82, 2.24) is 0 Å². The summed E-state index contributed by atoms with van der Waals surface area (Å²) < 4.78 is 10.3. The predicted octanol–water partition coefficient (Wildman–Crippen LogP) is 1.50. The van der Waals surface area contributed by atoms with Crippen LogP contribution in [0, 0.1) is 0 Å². The number of aliphatic hydroxyl groups excluding tert-OH is 1. The van der Waals surface area contributed by atoms with Gasteiger partial charge in [-0.2, -0.15) is 0 Å². The average Bonchev–Trinajstić information content (AvgIpc) is 2.30. The fourth-order valence-corrected chi connectivity index (χ4v) is 1.08. The molecule has 4 nitrogen and oxygen atoms in total. The number of carbonyl (C=O) groups is 1. The van der Waals surface area contributed by atoms with Crippen molar-refractivity contribution < 1.29 is 19.4 Å². The average molecular weight is 222 g/mol. The lowest BCUT2D eigenvalue weighted by atomic mass is 10.3. The summed E-state index contributed by atoms with van der Waals surface area (Å²) in [5.41, 5.74) is 0. The zero-order valence-corrected chi connectivity index (χ0v) is 8.83. The number of hydrogen-bond donors (Lipinski definition) is 1. The fourth-order valence-electron chi connectivity index (χ4n) is 1.08. The Morgan fingerprint density at radius 2 is 2.12 bits per heavy atom. The molecular formula is C12H14O4. The van der Waals surface area contributed by atoms with Crippen molar-refractivity contribution in [3.05, 3.63) is 43.0 Å². The van der Waals surface area contributed by atoms with Gasteiger partial charge < -0.3 is 14.6 Å². The molecule has 1 unspecified atom stereocenters. The highest BCUT2D eigenvalue weighted by Gasteiger charge is 2.13. The van der Waals surface area contributed by atoms with E-state index >= 15 is 0 Å². The summed E-state index contributed by atoms with van der Waals surface area (Å²) in [5.74, 6) is 0.00666. The second-order valence-corrected chi connectivity index (χ2v) is 3.01. The lowest BCUT2D eigenvalue weighted by Crippen LogP contribution is -2.24. The summed E-state index contributed by atoms with van der Waals surface area (Å²) in [6.07, 6.45) is 0.477. The predicted molar refractivity (Wildman–Crippen MR) is 58.8 cm³/mol. The summed E-state index contributed by atoms with van der Waals surface area (Å²) in [6.45, 7) is 3.17. The van der Waals surface area contributed by atoms with E-state index in [-0.39, 0.29) is 13.0 Å². The number of carbonyl (C=O) groups excluding carboxylic acids is 1. The second kappa shape index (κ2) is 6.63. The summed E-state index contributed by atoms with van der Waals surface area (Å²) in [7, 11) is 0. The zero-order valence-electron chi connectivity index (χ0n) is 8.83. The first-order valence-corrected chi connectivity index (χ1v) is 4.92. The summed E-state index contributed by atoms with van der Waals surface area (Å²) >= 11 is 0. The molecule has 1 atom stereocenters. The third-order valence-electron chi connectivity index (χ3n) is 1.79. The number of para-hydroxylation sites is 1. The van der Waals surface area contributed by atoms with Gasteiger partial charge in [0.2, 0.25) is 6.29 Å². The van der Waals surface area contributed by atoms with E-state index < -0.39 is 12.3 Å². The number of benzene rings is 1. The SMILES string of the molecule is C=CC(=O)OC(CCO)Oc1ccccc1. The molecule has 4 heteroatoms. The first-order valence-electron chi connectivity index (χ1n) is 4.92. The molecule has 0 aliphatic heterocycles. The van der Waals surface area contributed by atoms with Crippen LogP contribution in [0.3, 0.4) is 0 Å². The van der Waals surface area contributed by atoms with E-state index in [0.717, 1.165) is 6.08 Å². The van der Waals surface area contributed by atoms with Crippen molar-refractivity contribution in [1.29, 1.82) is 0 Å². The molecule has 1 aromatic carbocycles. The van der Waals surface area contributed by atoms with Crippen molar-refractivity contribution in [2.75, 3.05) is 6.61 Å². The van der Waals surface area contributed by atoms with Gasteiger partial charge in [0, 0.05) is 12.5 Å². The smallest absolute Gasteiger partial charge is 0.333 e. The first-order chi connectivity index (χ1) is 7.76. The number of hydrogen-bond acceptors (Lipinski definition) is 4. The molecule has 1 N–H and O–H groups in total. The minimum absolute atomic E-state index is 0.123. The van der Waals surface area contributed by atoms with Crippen molar-refractivity contribution in [3.63, 3.8) is 0 Å². The Kier molecular flexibility index (Phi) is 5.08. The number of rotatable bonds is 6. The molecule has 0 saturated carbocycles. The van der Waals surface area contributed by atoms with Crippen LogP contribution in [-0.2, 0) is 9.53 Å². The Hall–Kier alpha value is -1.81. The maximum atomic E-state index is 11.0. The second-order valence-electron chi connectivity index (χ2n) is 3.01. The molecule has 16 heavy (non-hydrogen) atoms. The van der Waals surface area contributed by atoms with Gasteiger partial charge in [-0.25, -0.2) is 4.79 Å². The summed E-state index contributed by atoms with van der Waals surface area (Å²) in [5, 5.41) is 8.80. The van der Waals surface area contributed by atoms with Crippen LogP contribution in [0.4, 0.5) is 0 Å². The third-order valence-corrected chi connectivity index (χ3v) is 1.79. The van der Waals surface area contributed by atoms with Crippen LogP contribution in [0.1, 0.15) is 6.42 Å². The highest BCUT2D eigenvalue weighted by molar-refractivity contribution is 5.81. The molecule has 0 saturated heterocycles. The molecule has 1 rings (SSSR count). The van der Waals surface area contributed by atoms with Crippen LogP contribution in [0.25, 0.3) is 0 Å². The Labute approximate surface area is 94.1 Å². The topological polar surface area (TPSA) is 55.8 Å². The number of esters is 1. The normalized spacial score (nSPS) is 11.6. The van der Waals surface area contributed by atoms with Crippen LogP contribution in [0.2, 0.25) is 0 Å². The van der Waals surface area contributed by atoms with E-state index in [1.807, 2.05) is 6.07 Å². The van der Waals surface area contributed by atoms with Crippen LogP contribution in [0.5, 0.6) is 5.75 Å². The molecule has 86 valence electrons. The summed E-state index contributed by atoms with van der Waals surface area (Å²) in [4.78, 5) is 11.0. The van der Waals surface area contributed by atoms with Gasteiger partial charge in [-0.05, 0) is 12.1 Å². The van der Waals surface area contributed by atoms with E-state index in [1.54, 1.807) is 24.3 Å².